The summed E-state index contributed by atoms with van der Waals surface area (Å²) in [5, 5.41) is 6.70. The van der Waals surface area contributed by atoms with Gasteiger partial charge in [0.25, 0.3) is 0 Å². The lowest BCUT2D eigenvalue weighted by Gasteiger charge is -2.24. The molecule has 3 rings (SSSR count). The van der Waals surface area contributed by atoms with Crippen molar-refractivity contribution in [2.75, 3.05) is 32.5 Å². The molecular weight excluding hydrogens is 535 g/mol. The third kappa shape index (κ3) is 7.54. The Balaban J connectivity index is 0.00000320. The van der Waals surface area contributed by atoms with E-state index in [9.17, 15) is 8.42 Å². The maximum absolute atomic E-state index is 12.4. The molecule has 2 unspecified atom stereocenters. The number of aliphatic imine (C=N–C) groups is 1. The van der Waals surface area contributed by atoms with Crippen molar-refractivity contribution in [2.24, 2.45) is 4.99 Å². The zero-order chi connectivity index (χ0) is 20.7. The Morgan fingerprint density at radius 2 is 2.03 bits per heavy atom. The minimum Gasteiger partial charge on any atom is -0.377 e. The predicted molar refractivity (Wildman–Crippen MR) is 134 cm³/mol. The minimum atomic E-state index is -3.51. The second-order valence-corrected chi connectivity index (χ2v) is 11.3. The molecule has 2 atom stereocenters. The zero-order valence-corrected chi connectivity index (χ0v) is 21.6. The molecule has 3 N–H and O–H groups in total. The molecule has 2 aliphatic heterocycles. The number of benzene rings is 1. The van der Waals surface area contributed by atoms with E-state index < -0.39 is 10.0 Å². The molecule has 1 aromatic carbocycles. The van der Waals surface area contributed by atoms with Crippen LogP contribution >= 0.6 is 35.7 Å². The summed E-state index contributed by atoms with van der Waals surface area (Å²) in [4.78, 5) is 4.55. The van der Waals surface area contributed by atoms with E-state index in [0.29, 0.717) is 19.7 Å². The van der Waals surface area contributed by atoms with Crippen molar-refractivity contribution >= 4 is 51.7 Å². The average molecular weight is 569 g/mol. The van der Waals surface area contributed by atoms with Crippen LogP contribution in [0.5, 0.6) is 0 Å². The third-order valence-electron chi connectivity index (χ3n) is 5.37. The summed E-state index contributed by atoms with van der Waals surface area (Å²) in [6.07, 6.45) is 4.37. The van der Waals surface area contributed by atoms with Gasteiger partial charge in [-0.2, -0.15) is 11.8 Å². The van der Waals surface area contributed by atoms with Gasteiger partial charge in [-0.25, -0.2) is 13.1 Å². The molecule has 0 amide bonds. The van der Waals surface area contributed by atoms with Crippen LogP contribution in [-0.2, 0) is 21.3 Å². The van der Waals surface area contributed by atoms with Crippen molar-refractivity contribution in [3.05, 3.63) is 29.8 Å². The second kappa shape index (κ2) is 11.9. The molecule has 1 aromatic rings. The molecule has 2 aliphatic rings. The van der Waals surface area contributed by atoms with Gasteiger partial charge in [-0.05, 0) is 56.1 Å². The van der Waals surface area contributed by atoms with Crippen molar-refractivity contribution in [1.29, 1.82) is 0 Å². The SMILES string of the molecule is CN=C(NCc1ccc(S(=O)(=O)NCC2CCCO2)cc1)NCC1(C)CCCS1.I. The maximum atomic E-state index is 12.4. The van der Waals surface area contributed by atoms with E-state index in [4.69, 9.17) is 4.74 Å². The first kappa shape index (κ1) is 25.7. The zero-order valence-electron chi connectivity index (χ0n) is 17.6. The third-order valence-corrected chi connectivity index (χ3v) is 8.35. The highest BCUT2D eigenvalue weighted by Gasteiger charge is 2.29. The Kier molecular flexibility index (Phi) is 10.2. The first-order chi connectivity index (χ1) is 13.9. The molecule has 0 bridgehead atoms. The summed E-state index contributed by atoms with van der Waals surface area (Å²) in [7, 11) is -1.76. The fourth-order valence-electron chi connectivity index (χ4n) is 3.53. The van der Waals surface area contributed by atoms with Crippen molar-refractivity contribution in [2.45, 2.75) is 54.9 Å². The van der Waals surface area contributed by atoms with E-state index >= 15 is 0 Å². The number of halogens is 1. The van der Waals surface area contributed by atoms with Gasteiger partial charge in [-0.1, -0.05) is 12.1 Å². The van der Waals surface area contributed by atoms with Crippen LogP contribution in [-0.4, -0.2) is 57.7 Å². The number of hydrogen-bond donors (Lipinski definition) is 3. The molecule has 2 saturated heterocycles. The molecule has 0 radical (unpaired) electrons. The molecule has 7 nitrogen and oxygen atoms in total. The number of ether oxygens (including phenoxy) is 1. The van der Waals surface area contributed by atoms with Crippen LogP contribution in [0, 0.1) is 0 Å². The Bertz CT molecular complexity index is 791. The number of sulfonamides is 1. The second-order valence-electron chi connectivity index (χ2n) is 7.81. The molecule has 10 heteroatoms. The van der Waals surface area contributed by atoms with Crippen molar-refractivity contribution < 1.29 is 13.2 Å². The number of guanidine groups is 1. The first-order valence-corrected chi connectivity index (χ1v) is 12.7. The first-order valence-electron chi connectivity index (χ1n) is 10.2. The highest BCUT2D eigenvalue weighted by molar-refractivity contribution is 14.0. The molecule has 0 spiro atoms. The molecule has 2 fully saturated rings. The fraction of sp³-hybridized carbons (Fsp3) is 0.650. The van der Waals surface area contributed by atoms with Gasteiger partial charge in [0.15, 0.2) is 5.96 Å². The van der Waals surface area contributed by atoms with Crippen LogP contribution in [0.15, 0.2) is 34.2 Å². The lowest BCUT2D eigenvalue weighted by Crippen LogP contribution is -2.43. The number of rotatable bonds is 8. The molecule has 0 saturated carbocycles. The van der Waals surface area contributed by atoms with Crippen LogP contribution in [0.1, 0.15) is 38.2 Å². The Hall–Kier alpha value is -0.560. The Morgan fingerprint density at radius 3 is 2.63 bits per heavy atom. The monoisotopic (exact) mass is 568 g/mol. The van der Waals surface area contributed by atoms with Crippen molar-refractivity contribution in [1.82, 2.24) is 15.4 Å². The predicted octanol–water partition coefficient (Wildman–Crippen LogP) is 2.71. The maximum Gasteiger partial charge on any atom is 0.240 e. The van der Waals surface area contributed by atoms with Crippen LogP contribution in [0.25, 0.3) is 0 Å². The van der Waals surface area contributed by atoms with Gasteiger partial charge in [0, 0.05) is 38.0 Å². The summed E-state index contributed by atoms with van der Waals surface area (Å²) in [6, 6.07) is 6.94. The van der Waals surface area contributed by atoms with Gasteiger partial charge in [-0.3, -0.25) is 4.99 Å². The Morgan fingerprint density at radius 1 is 1.27 bits per heavy atom. The van der Waals surface area contributed by atoms with Gasteiger partial charge in [0.1, 0.15) is 0 Å². The van der Waals surface area contributed by atoms with Crippen LogP contribution in [0.3, 0.4) is 0 Å². The van der Waals surface area contributed by atoms with E-state index in [1.807, 2.05) is 23.9 Å². The standard InChI is InChI=1S/C20H32N4O3S2.HI/c1-20(10-4-12-28-20)15-23-19(21-2)22-13-16-6-8-18(9-7-16)29(25,26)24-14-17-5-3-11-27-17;/h6-9,17,24H,3-5,10-15H2,1-2H3,(H2,21,22,23);1H. The number of thioether (sulfide) groups is 1. The minimum absolute atomic E-state index is 0. The van der Waals surface area contributed by atoms with Crippen LogP contribution < -0.4 is 15.4 Å². The van der Waals surface area contributed by atoms with Crippen molar-refractivity contribution in [3.8, 4) is 0 Å². The van der Waals surface area contributed by atoms with Gasteiger partial charge in [0.05, 0.1) is 11.0 Å². The largest absolute Gasteiger partial charge is 0.377 e. The van der Waals surface area contributed by atoms with E-state index in [-0.39, 0.29) is 39.7 Å². The van der Waals surface area contributed by atoms with E-state index in [2.05, 4.69) is 27.3 Å². The molecule has 30 heavy (non-hydrogen) atoms. The molecule has 0 aromatic heterocycles. The van der Waals surface area contributed by atoms with Crippen molar-refractivity contribution in [3.63, 3.8) is 0 Å². The molecular formula is C20H33IN4O3S2. The summed E-state index contributed by atoms with van der Waals surface area (Å²) in [5.74, 6) is 1.98. The normalized spacial score (nSPS) is 24.5. The number of hydrogen-bond acceptors (Lipinski definition) is 5. The van der Waals surface area contributed by atoms with Crippen LogP contribution in [0.4, 0.5) is 0 Å². The Labute approximate surface area is 201 Å². The highest BCUT2D eigenvalue weighted by Crippen LogP contribution is 2.36. The lowest BCUT2D eigenvalue weighted by molar-refractivity contribution is 0.114. The topological polar surface area (TPSA) is 91.8 Å². The van der Waals surface area contributed by atoms with E-state index in [1.165, 1.54) is 18.6 Å². The number of nitrogens with one attached hydrogen (secondary N) is 3. The van der Waals surface area contributed by atoms with Gasteiger partial charge in [0.2, 0.25) is 10.0 Å². The van der Waals surface area contributed by atoms with E-state index in [1.54, 1.807) is 19.2 Å². The fourth-order valence-corrected chi connectivity index (χ4v) is 5.84. The summed E-state index contributed by atoms with van der Waals surface area (Å²) >= 11 is 2.01. The molecule has 0 aliphatic carbocycles. The average Bonchev–Trinajstić information content (AvgIpc) is 3.39. The summed E-state index contributed by atoms with van der Waals surface area (Å²) < 4.78 is 33.3. The van der Waals surface area contributed by atoms with Gasteiger partial charge < -0.3 is 15.4 Å². The molecule has 170 valence electrons. The highest BCUT2D eigenvalue weighted by atomic mass is 127. The van der Waals surface area contributed by atoms with Crippen LogP contribution in [0.2, 0.25) is 0 Å². The summed E-state index contributed by atoms with van der Waals surface area (Å²) in [6.45, 7) is 4.78. The quantitative estimate of drug-likeness (QED) is 0.254. The number of nitrogens with zero attached hydrogens (tertiary/aromatic N) is 1. The van der Waals surface area contributed by atoms with Gasteiger partial charge >= 0.3 is 0 Å². The smallest absolute Gasteiger partial charge is 0.240 e. The van der Waals surface area contributed by atoms with E-state index in [0.717, 1.165) is 30.9 Å². The summed E-state index contributed by atoms with van der Waals surface area (Å²) in [5.41, 5.74) is 0.993. The van der Waals surface area contributed by atoms with Gasteiger partial charge in [-0.15, -0.1) is 24.0 Å². The lowest BCUT2D eigenvalue weighted by atomic mass is 10.1. The molecule has 2 heterocycles.